The average molecular weight is 244 g/mol. The summed E-state index contributed by atoms with van der Waals surface area (Å²) in [5, 5.41) is 13.7. The van der Waals surface area contributed by atoms with Crippen LogP contribution in [0.15, 0.2) is 24.4 Å². The van der Waals surface area contributed by atoms with E-state index >= 15 is 0 Å². The number of carbonyl (C=O) groups excluding carboxylic acids is 1. The molecule has 0 unspecified atom stereocenters. The Labute approximate surface area is 105 Å². The number of benzene rings is 1. The lowest BCUT2D eigenvalue weighted by molar-refractivity contribution is 0.248. The van der Waals surface area contributed by atoms with Gasteiger partial charge in [-0.1, -0.05) is 12.8 Å². The second-order valence-electron chi connectivity index (χ2n) is 4.75. The summed E-state index contributed by atoms with van der Waals surface area (Å²) in [6, 6.07) is 5.90. The molecule has 1 heterocycles. The number of aromatic amines is 1. The highest BCUT2D eigenvalue weighted by Crippen LogP contribution is 2.19. The predicted molar refractivity (Wildman–Crippen MR) is 70.5 cm³/mol. The lowest BCUT2D eigenvalue weighted by Gasteiger charge is -2.12. The second kappa shape index (κ2) is 4.68. The number of nitrogens with one attached hydrogen (secondary N) is 3. The van der Waals surface area contributed by atoms with Crippen molar-refractivity contribution in [3.63, 3.8) is 0 Å². The fourth-order valence-corrected chi connectivity index (χ4v) is 2.44. The van der Waals surface area contributed by atoms with Crippen molar-refractivity contribution in [3.8, 4) is 0 Å². The van der Waals surface area contributed by atoms with Gasteiger partial charge in [-0.2, -0.15) is 5.10 Å². The number of fused-ring (bicyclic) bond motifs is 1. The predicted octanol–water partition coefficient (Wildman–Crippen LogP) is 2.63. The molecule has 5 nitrogen and oxygen atoms in total. The molecule has 5 heteroatoms. The molecule has 2 aromatic rings. The van der Waals surface area contributed by atoms with Crippen LogP contribution >= 0.6 is 0 Å². The van der Waals surface area contributed by atoms with Gasteiger partial charge >= 0.3 is 6.03 Å². The van der Waals surface area contributed by atoms with Crippen LogP contribution in [0.4, 0.5) is 10.5 Å². The van der Waals surface area contributed by atoms with Gasteiger partial charge in [0.25, 0.3) is 0 Å². The number of rotatable bonds is 2. The molecule has 1 aromatic heterocycles. The fraction of sp³-hybridized carbons (Fsp3) is 0.385. The van der Waals surface area contributed by atoms with Crippen LogP contribution in [-0.2, 0) is 0 Å². The number of carbonyl (C=O) groups is 1. The van der Waals surface area contributed by atoms with Crippen molar-refractivity contribution in [2.24, 2.45) is 0 Å². The van der Waals surface area contributed by atoms with Gasteiger partial charge in [-0.05, 0) is 31.0 Å². The van der Waals surface area contributed by atoms with E-state index in [1.54, 1.807) is 6.20 Å². The zero-order valence-corrected chi connectivity index (χ0v) is 10.1. The molecule has 0 spiro atoms. The topological polar surface area (TPSA) is 69.8 Å². The van der Waals surface area contributed by atoms with E-state index in [1.165, 1.54) is 12.8 Å². The van der Waals surface area contributed by atoms with E-state index in [2.05, 4.69) is 20.8 Å². The summed E-state index contributed by atoms with van der Waals surface area (Å²) < 4.78 is 0. The van der Waals surface area contributed by atoms with Crippen LogP contribution in [-0.4, -0.2) is 22.3 Å². The Hall–Kier alpha value is -2.04. The Morgan fingerprint density at radius 2 is 2.17 bits per heavy atom. The molecule has 1 aliphatic rings. The minimum Gasteiger partial charge on any atom is -0.335 e. The first-order chi connectivity index (χ1) is 8.81. The number of aromatic nitrogens is 2. The molecule has 94 valence electrons. The van der Waals surface area contributed by atoms with Crippen molar-refractivity contribution in [3.05, 3.63) is 24.4 Å². The first-order valence-corrected chi connectivity index (χ1v) is 6.32. The van der Waals surface area contributed by atoms with E-state index in [0.717, 1.165) is 29.4 Å². The largest absolute Gasteiger partial charge is 0.335 e. The highest BCUT2D eigenvalue weighted by molar-refractivity contribution is 5.92. The molecule has 3 rings (SSSR count). The van der Waals surface area contributed by atoms with E-state index in [-0.39, 0.29) is 6.03 Å². The molecule has 0 aliphatic heterocycles. The third kappa shape index (κ3) is 2.30. The van der Waals surface area contributed by atoms with E-state index in [1.807, 2.05) is 18.2 Å². The van der Waals surface area contributed by atoms with Crippen LogP contribution in [0.3, 0.4) is 0 Å². The van der Waals surface area contributed by atoms with Crippen molar-refractivity contribution in [1.82, 2.24) is 15.5 Å². The highest BCUT2D eigenvalue weighted by Gasteiger charge is 2.16. The highest BCUT2D eigenvalue weighted by atomic mass is 16.2. The number of hydrogen-bond donors (Lipinski definition) is 3. The van der Waals surface area contributed by atoms with E-state index in [9.17, 15) is 4.79 Å². The third-order valence-electron chi connectivity index (χ3n) is 3.39. The Morgan fingerprint density at radius 1 is 1.33 bits per heavy atom. The fourth-order valence-electron chi connectivity index (χ4n) is 2.44. The quantitative estimate of drug-likeness (QED) is 0.760. The maximum absolute atomic E-state index is 11.8. The molecule has 0 atom stereocenters. The van der Waals surface area contributed by atoms with Gasteiger partial charge in [-0.25, -0.2) is 4.79 Å². The van der Waals surface area contributed by atoms with Crippen molar-refractivity contribution < 1.29 is 4.79 Å². The van der Waals surface area contributed by atoms with Crippen LogP contribution in [0, 0.1) is 0 Å². The van der Waals surface area contributed by atoms with Crippen molar-refractivity contribution in [2.45, 2.75) is 31.7 Å². The first kappa shape index (κ1) is 11.1. The SMILES string of the molecule is O=C(Nc1ccc2[nH]ncc2c1)NC1CCCC1. The number of H-pyrrole nitrogens is 1. The monoisotopic (exact) mass is 244 g/mol. The van der Waals surface area contributed by atoms with Crippen LogP contribution in [0.5, 0.6) is 0 Å². The minimum absolute atomic E-state index is 0.121. The zero-order valence-electron chi connectivity index (χ0n) is 10.1. The molecule has 18 heavy (non-hydrogen) atoms. The lowest BCUT2D eigenvalue weighted by atomic mass is 10.2. The van der Waals surface area contributed by atoms with Crippen LogP contribution in [0.25, 0.3) is 10.9 Å². The smallest absolute Gasteiger partial charge is 0.319 e. The molecule has 1 aliphatic carbocycles. The van der Waals surface area contributed by atoms with Crippen molar-refractivity contribution >= 4 is 22.6 Å². The standard InChI is InChI=1S/C13H16N4O/c18-13(15-10-3-1-2-4-10)16-11-5-6-12-9(7-11)8-14-17-12/h5-8,10H,1-4H2,(H,14,17)(H2,15,16,18). The molecule has 2 amide bonds. The second-order valence-corrected chi connectivity index (χ2v) is 4.75. The number of urea groups is 1. The third-order valence-corrected chi connectivity index (χ3v) is 3.39. The summed E-state index contributed by atoms with van der Waals surface area (Å²) in [4.78, 5) is 11.8. The summed E-state index contributed by atoms with van der Waals surface area (Å²) in [6.07, 6.45) is 6.36. The number of anilines is 1. The molecule has 3 N–H and O–H groups in total. The summed E-state index contributed by atoms with van der Waals surface area (Å²) in [6.45, 7) is 0. The number of amides is 2. The molecule has 0 radical (unpaired) electrons. The summed E-state index contributed by atoms with van der Waals surface area (Å²) in [5.41, 5.74) is 1.76. The molecule has 0 saturated heterocycles. The lowest BCUT2D eigenvalue weighted by Crippen LogP contribution is -2.36. The Kier molecular flexibility index (Phi) is 2.88. The normalized spacial score (nSPS) is 16.0. The summed E-state index contributed by atoms with van der Waals surface area (Å²) in [5.74, 6) is 0. The van der Waals surface area contributed by atoms with E-state index in [0.29, 0.717) is 6.04 Å². The molecule has 1 saturated carbocycles. The maximum atomic E-state index is 11.8. The Balaban J connectivity index is 1.65. The van der Waals surface area contributed by atoms with E-state index < -0.39 is 0 Å². The van der Waals surface area contributed by atoms with Gasteiger partial charge in [-0.15, -0.1) is 0 Å². The Bertz CT molecular complexity index is 557. The van der Waals surface area contributed by atoms with Gasteiger partial charge in [0.15, 0.2) is 0 Å². The van der Waals surface area contributed by atoms with Crippen molar-refractivity contribution in [2.75, 3.05) is 5.32 Å². The first-order valence-electron chi connectivity index (χ1n) is 6.32. The molecule has 0 bridgehead atoms. The molecule has 1 aromatic carbocycles. The molecule has 1 fully saturated rings. The van der Waals surface area contributed by atoms with Gasteiger partial charge in [0.2, 0.25) is 0 Å². The van der Waals surface area contributed by atoms with Gasteiger partial charge in [-0.3, -0.25) is 5.10 Å². The maximum Gasteiger partial charge on any atom is 0.319 e. The van der Waals surface area contributed by atoms with Crippen LogP contribution in [0.2, 0.25) is 0 Å². The average Bonchev–Trinajstić information content (AvgIpc) is 2.98. The van der Waals surface area contributed by atoms with Gasteiger partial charge < -0.3 is 10.6 Å². The molecular weight excluding hydrogens is 228 g/mol. The Morgan fingerprint density at radius 3 is 3.00 bits per heavy atom. The number of hydrogen-bond acceptors (Lipinski definition) is 2. The van der Waals surface area contributed by atoms with E-state index in [4.69, 9.17) is 0 Å². The van der Waals surface area contributed by atoms with Gasteiger partial charge in [0, 0.05) is 17.1 Å². The van der Waals surface area contributed by atoms with Crippen LogP contribution < -0.4 is 10.6 Å². The zero-order chi connectivity index (χ0) is 12.4. The van der Waals surface area contributed by atoms with Crippen molar-refractivity contribution in [1.29, 1.82) is 0 Å². The van der Waals surface area contributed by atoms with Crippen LogP contribution in [0.1, 0.15) is 25.7 Å². The van der Waals surface area contributed by atoms with Gasteiger partial charge in [0.1, 0.15) is 0 Å². The van der Waals surface area contributed by atoms with Gasteiger partial charge in [0.05, 0.1) is 11.7 Å². The minimum atomic E-state index is -0.121. The summed E-state index contributed by atoms with van der Waals surface area (Å²) in [7, 11) is 0. The molecular formula is C13H16N4O. The number of nitrogens with zero attached hydrogens (tertiary/aromatic N) is 1. The summed E-state index contributed by atoms with van der Waals surface area (Å²) >= 11 is 0.